The Morgan fingerprint density at radius 2 is 2.00 bits per heavy atom. The molecule has 8 heteroatoms. The molecule has 150 valence electrons. The van der Waals surface area contributed by atoms with E-state index in [2.05, 4.69) is 20.3 Å². The van der Waals surface area contributed by atoms with Gasteiger partial charge in [0.15, 0.2) is 0 Å². The number of rotatable bonds is 8. The number of carbonyl (C=O) groups excluding carboxylic acids is 1. The van der Waals surface area contributed by atoms with Gasteiger partial charge in [-0.05, 0) is 44.6 Å². The molecule has 0 saturated heterocycles. The average Bonchev–Trinajstić information content (AvgIpc) is 3.43. The average molecular weight is 385 g/mol. The minimum absolute atomic E-state index is 0.130. The number of nitrogens with zero attached hydrogens (tertiary/aromatic N) is 4. The lowest BCUT2D eigenvalue weighted by molar-refractivity contribution is -0.00409. The summed E-state index contributed by atoms with van der Waals surface area (Å²) in [4.78, 5) is 26.0. The first kappa shape index (κ1) is 19.0. The lowest BCUT2D eigenvalue weighted by Crippen LogP contribution is -2.39. The number of hydrogen-bond acceptors (Lipinski definition) is 6. The topological polar surface area (TPSA) is 91.2 Å². The fourth-order valence-electron chi connectivity index (χ4n) is 3.58. The summed E-state index contributed by atoms with van der Waals surface area (Å²) in [5.74, 6) is 0.813. The summed E-state index contributed by atoms with van der Waals surface area (Å²) < 4.78 is 12.6. The summed E-state index contributed by atoms with van der Waals surface area (Å²) in [6, 6.07) is 2.00. The summed E-state index contributed by atoms with van der Waals surface area (Å²) >= 11 is 0. The van der Waals surface area contributed by atoms with Gasteiger partial charge in [-0.2, -0.15) is 0 Å². The highest BCUT2D eigenvalue weighted by molar-refractivity contribution is 5.92. The van der Waals surface area contributed by atoms with Gasteiger partial charge in [0.25, 0.3) is 5.91 Å². The zero-order valence-corrected chi connectivity index (χ0v) is 16.2. The first-order valence-corrected chi connectivity index (χ1v) is 10.0. The number of aromatic nitrogens is 4. The molecule has 1 N–H and O–H groups in total. The molecule has 2 heterocycles. The van der Waals surface area contributed by atoms with Crippen molar-refractivity contribution in [3.05, 3.63) is 36.2 Å². The minimum atomic E-state index is -0.130. The first-order chi connectivity index (χ1) is 13.7. The Hall–Kier alpha value is -2.32. The number of amides is 1. The molecule has 2 aliphatic rings. The summed E-state index contributed by atoms with van der Waals surface area (Å²) in [7, 11) is 1.68. The van der Waals surface area contributed by atoms with E-state index in [9.17, 15) is 4.79 Å². The molecule has 2 aromatic heterocycles. The van der Waals surface area contributed by atoms with Crippen molar-refractivity contribution in [2.24, 2.45) is 0 Å². The second-order valence-electron chi connectivity index (χ2n) is 7.53. The third-order valence-electron chi connectivity index (χ3n) is 5.35. The Labute approximate surface area is 164 Å². The summed E-state index contributed by atoms with van der Waals surface area (Å²) in [5.41, 5.74) is 1.37. The van der Waals surface area contributed by atoms with E-state index >= 15 is 0 Å². The molecule has 2 aromatic rings. The maximum Gasteiger partial charge on any atom is 0.270 e. The van der Waals surface area contributed by atoms with E-state index in [-0.39, 0.29) is 18.1 Å². The number of imidazole rings is 1. The monoisotopic (exact) mass is 385 g/mol. The van der Waals surface area contributed by atoms with Crippen molar-refractivity contribution in [2.75, 3.05) is 20.3 Å². The number of hydrogen-bond donors (Lipinski definition) is 1. The highest BCUT2D eigenvalue weighted by Gasteiger charge is 2.28. The summed E-state index contributed by atoms with van der Waals surface area (Å²) in [5, 5.41) is 3.15. The molecule has 4 rings (SSSR count). The fourth-order valence-corrected chi connectivity index (χ4v) is 3.58. The van der Waals surface area contributed by atoms with E-state index in [0.717, 1.165) is 44.2 Å². The third-order valence-corrected chi connectivity index (χ3v) is 5.35. The number of methoxy groups -OCH3 is 1. The van der Waals surface area contributed by atoms with E-state index in [1.165, 1.54) is 0 Å². The lowest BCUT2D eigenvalue weighted by atomic mass is 9.93. The lowest BCUT2D eigenvalue weighted by Gasteiger charge is -2.29. The van der Waals surface area contributed by atoms with Crippen LogP contribution in [0.15, 0.2) is 24.8 Å². The van der Waals surface area contributed by atoms with Crippen LogP contribution in [0.3, 0.4) is 0 Å². The molecule has 0 aromatic carbocycles. The van der Waals surface area contributed by atoms with Crippen LogP contribution in [0.25, 0.3) is 5.95 Å². The molecule has 8 nitrogen and oxygen atoms in total. The zero-order valence-electron chi connectivity index (χ0n) is 16.2. The van der Waals surface area contributed by atoms with Gasteiger partial charge in [0, 0.05) is 37.2 Å². The number of ether oxygens (including phenoxy) is 2. The normalized spacial score (nSPS) is 22.2. The smallest absolute Gasteiger partial charge is 0.270 e. The molecular formula is C20H27N5O3. The standard InChI is InChI=1S/C20H27N5O3/c1-27-10-11-28-16-6-4-15(5-7-16)22-19(26)18-12-17(14-2-3-14)23-20(24-18)25-9-8-21-13-25/h8-9,12-16H,2-7,10-11H2,1H3,(H,22,26). The van der Waals surface area contributed by atoms with E-state index in [0.29, 0.717) is 30.8 Å². The van der Waals surface area contributed by atoms with Gasteiger partial charge in [-0.3, -0.25) is 9.36 Å². The number of carbonyl (C=O) groups is 1. The van der Waals surface area contributed by atoms with E-state index in [1.54, 1.807) is 30.4 Å². The maximum absolute atomic E-state index is 12.8. The predicted molar refractivity (Wildman–Crippen MR) is 102 cm³/mol. The zero-order chi connectivity index (χ0) is 19.3. The van der Waals surface area contributed by atoms with Crippen LogP contribution < -0.4 is 5.32 Å². The highest BCUT2D eigenvalue weighted by Crippen LogP contribution is 2.39. The third kappa shape index (κ3) is 4.74. The van der Waals surface area contributed by atoms with Crippen LogP contribution in [0.4, 0.5) is 0 Å². The maximum atomic E-state index is 12.8. The van der Waals surface area contributed by atoms with Crippen molar-refractivity contribution >= 4 is 5.91 Å². The van der Waals surface area contributed by atoms with E-state index in [1.807, 2.05) is 6.07 Å². The Bertz CT molecular complexity index is 783. The SMILES string of the molecule is COCCOC1CCC(NC(=O)c2cc(C3CC3)nc(-n3ccnc3)n2)CC1. The van der Waals surface area contributed by atoms with Gasteiger partial charge in [-0.25, -0.2) is 15.0 Å². The van der Waals surface area contributed by atoms with Crippen LogP contribution in [0.5, 0.6) is 0 Å². The van der Waals surface area contributed by atoms with E-state index < -0.39 is 0 Å². The molecule has 0 spiro atoms. The van der Waals surface area contributed by atoms with Gasteiger partial charge in [-0.15, -0.1) is 0 Å². The summed E-state index contributed by atoms with van der Waals surface area (Å²) in [6.45, 7) is 1.24. The quantitative estimate of drug-likeness (QED) is 0.701. The van der Waals surface area contributed by atoms with Crippen LogP contribution in [-0.4, -0.2) is 57.9 Å². The molecule has 2 aliphatic carbocycles. The Kier molecular flexibility index (Phi) is 5.97. The van der Waals surface area contributed by atoms with Crippen LogP contribution in [0.1, 0.15) is 60.6 Å². The minimum Gasteiger partial charge on any atom is -0.382 e. The van der Waals surface area contributed by atoms with Crippen LogP contribution in [0, 0.1) is 0 Å². The molecule has 0 aliphatic heterocycles. The highest BCUT2D eigenvalue weighted by atomic mass is 16.5. The van der Waals surface area contributed by atoms with Gasteiger partial charge >= 0.3 is 0 Å². The van der Waals surface area contributed by atoms with Crippen molar-refractivity contribution in [3.63, 3.8) is 0 Å². The first-order valence-electron chi connectivity index (χ1n) is 10.0. The Balaban J connectivity index is 1.38. The Morgan fingerprint density at radius 1 is 1.18 bits per heavy atom. The molecular weight excluding hydrogens is 358 g/mol. The van der Waals surface area contributed by atoms with E-state index in [4.69, 9.17) is 9.47 Å². The van der Waals surface area contributed by atoms with Crippen LogP contribution in [0.2, 0.25) is 0 Å². The molecule has 0 atom stereocenters. The van der Waals surface area contributed by atoms with Gasteiger partial charge in [0.2, 0.25) is 5.95 Å². The van der Waals surface area contributed by atoms with Gasteiger partial charge in [0.05, 0.1) is 19.3 Å². The molecule has 0 unspecified atom stereocenters. The van der Waals surface area contributed by atoms with Gasteiger partial charge < -0.3 is 14.8 Å². The second kappa shape index (κ2) is 8.79. The van der Waals surface area contributed by atoms with Crippen molar-refractivity contribution in [2.45, 2.75) is 56.6 Å². The van der Waals surface area contributed by atoms with Crippen molar-refractivity contribution in [3.8, 4) is 5.95 Å². The predicted octanol–water partition coefficient (Wildman–Crippen LogP) is 2.24. The van der Waals surface area contributed by atoms with Crippen LogP contribution in [-0.2, 0) is 9.47 Å². The second-order valence-corrected chi connectivity index (χ2v) is 7.53. The number of nitrogens with one attached hydrogen (secondary N) is 1. The molecule has 2 fully saturated rings. The van der Waals surface area contributed by atoms with Crippen molar-refractivity contribution in [1.82, 2.24) is 24.8 Å². The molecule has 28 heavy (non-hydrogen) atoms. The van der Waals surface area contributed by atoms with Crippen molar-refractivity contribution < 1.29 is 14.3 Å². The molecule has 2 saturated carbocycles. The largest absolute Gasteiger partial charge is 0.382 e. The molecule has 0 bridgehead atoms. The molecule has 1 amide bonds. The Morgan fingerprint density at radius 3 is 2.68 bits per heavy atom. The molecule has 0 radical (unpaired) electrons. The van der Waals surface area contributed by atoms with Crippen LogP contribution >= 0.6 is 0 Å². The van der Waals surface area contributed by atoms with Gasteiger partial charge in [-0.1, -0.05) is 0 Å². The summed E-state index contributed by atoms with van der Waals surface area (Å²) in [6.07, 6.45) is 11.4. The fraction of sp³-hybridized carbons (Fsp3) is 0.600. The van der Waals surface area contributed by atoms with Gasteiger partial charge in [0.1, 0.15) is 12.0 Å². The van der Waals surface area contributed by atoms with Crippen molar-refractivity contribution in [1.29, 1.82) is 0 Å².